The number of carbonyl (C=O) groups excluding carboxylic acids is 5. The highest BCUT2D eigenvalue weighted by atomic mass is 16.5. The van der Waals surface area contributed by atoms with Crippen molar-refractivity contribution in [2.75, 3.05) is 31.6 Å². The van der Waals surface area contributed by atoms with E-state index < -0.39 is 35.1 Å². The van der Waals surface area contributed by atoms with Crippen molar-refractivity contribution in [2.45, 2.75) is 138 Å². The number of hydrogen-bond donors (Lipinski definition) is 4. The first-order valence-electron chi connectivity index (χ1n) is 22.1. The Morgan fingerprint density at radius 3 is 2.38 bits per heavy atom. The van der Waals surface area contributed by atoms with E-state index in [0.717, 1.165) is 62.7 Å². The fourth-order valence-corrected chi connectivity index (χ4v) is 14.1. The van der Waals surface area contributed by atoms with Gasteiger partial charge in [-0.15, -0.1) is 0 Å². The third kappa shape index (κ3) is 6.13. The van der Waals surface area contributed by atoms with E-state index in [1.807, 2.05) is 0 Å². The molecular formula is C47H66N4O7. The second kappa shape index (κ2) is 14.3. The molecule has 0 aromatic heterocycles. The number of benzene rings is 1. The van der Waals surface area contributed by atoms with Crippen LogP contribution >= 0.6 is 0 Å². The molecule has 7 aliphatic rings. The summed E-state index contributed by atoms with van der Waals surface area (Å²) >= 11 is 0. The zero-order valence-electron chi connectivity index (χ0n) is 35.9. The Hall–Kier alpha value is -3.57. The van der Waals surface area contributed by atoms with Gasteiger partial charge in [-0.25, -0.2) is 0 Å². The molecule has 9 atom stereocenters. The zero-order valence-corrected chi connectivity index (χ0v) is 35.9. The monoisotopic (exact) mass is 798 g/mol. The molecule has 11 heteroatoms. The maximum Gasteiger partial charge on any atom is 0.264 e. The molecule has 1 saturated heterocycles. The minimum absolute atomic E-state index is 0.0298. The molecule has 5 aliphatic carbocycles. The molecular weight excluding hydrogens is 733 g/mol. The van der Waals surface area contributed by atoms with Crippen LogP contribution in [0.5, 0.6) is 0 Å². The van der Waals surface area contributed by atoms with Crippen LogP contribution in [0.3, 0.4) is 0 Å². The van der Waals surface area contributed by atoms with Crippen LogP contribution in [0.4, 0.5) is 5.69 Å². The second-order valence-electron chi connectivity index (χ2n) is 21.2. The predicted molar refractivity (Wildman–Crippen MR) is 220 cm³/mol. The van der Waals surface area contributed by atoms with Crippen LogP contribution in [0.2, 0.25) is 0 Å². The van der Waals surface area contributed by atoms with Crippen molar-refractivity contribution in [1.29, 1.82) is 0 Å². The second-order valence-corrected chi connectivity index (χ2v) is 21.2. The number of nitrogens with zero attached hydrogens (tertiary/aromatic N) is 1. The topological polar surface area (TPSA) is 154 Å². The standard InChI is InChI=1S/C47H66N4O7/c1-42(2)19-21-47(22-20-45(6)29(30(47)27-42)11-13-34-44(5)17-16-35(52)43(3,4)33(44)15-18-46(34,45)7)41(57)49-24-26-58-25-23-48-31-10-8-9-28-37(31)40(56)51(39(28)55)32-12-14-36(53)50-38(32)54/h8-11,30,32-35,48,52H,12-27H2,1-7H3,(H,49,57)(H,50,53,54)/t30-,32?,33-,34+,35-,44-,45+,46+,47-/m0/s1. The highest BCUT2D eigenvalue weighted by Crippen LogP contribution is 2.75. The van der Waals surface area contributed by atoms with Gasteiger partial charge >= 0.3 is 0 Å². The quantitative estimate of drug-likeness (QED) is 0.121. The van der Waals surface area contributed by atoms with E-state index in [9.17, 15) is 29.1 Å². The van der Waals surface area contributed by atoms with Gasteiger partial charge in [0.05, 0.1) is 35.9 Å². The number of piperidine rings is 1. The van der Waals surface area contributed by atoms with Gasteiger partial charge in [0.25, 0.3) is 11.8 Å². The van der Waals surface area contributed by atoms with Crippen molar-refractivity contribution in [3.63, 3.8) is 0 Å². The summed E-state index contributed by atoms with van der Waals surface area (Å²) in [6.07, 6.45) is 12.8. The van der Waals surface area contributed by atoms with Gasteiger partial charge in [0.15, 0.2) is 0 Å². The Kier molecular flexibility index (Phi) is 10.1. The predicted octanol–water partition coefficient (Wildman–Crippen LogP) is 6.80. The lowest BCUT2D eigenvalue weighted by Crippen LogP contribution is -2.65. The maximum absolute atomic E-state index is 14.5. The summed E-state index contributed by atoms with van der Waals surface area (Å²) < 4.78 is 5.96. The number of hydrogen-bond acceptors (Lipinski definition) is 8. The van der Waals surface area contributed by atoms with Gasteiger partial charge in [0.2, 0.25) is 17.7 Å². The summed E-state index contributed by atoms with van der Waals surface area (Å²) in [5, 5.41) is 19.9. The van der Waals surface area contributed by atoms with Gasteiger partial charge in [-0.2, -0.15) is 0 Å². The summed E-state index contributed by atoms with van der Waals surface area (Å²) in [5.74, 6) is -0.710. The lowest BCUT2D eigenvalue weighted by Gasteiger charge is -2.71. The number of allylic oxidation sites excluding steroid dienone is 2. The molecule has 1 aromatic carbocycles. The first-order valence-corrected chi connectivity index (χ1v) is 22.1. The number of rotatable bonds is 9. The smallest absolute Gasteiger partial charge is 0.264 e. The number of carbonyl (C=O) groups is 5. The normalized spacial score (nSPS) is 38.7. The van der Waals surface area contributed by atoms with Gasteiger partial charge in [-0.3, -0.25) is 34.2 Å². The Morgan fingerprint density at radius 2 is 1.62 bits per heavy atom. The Labute approximate surface area is 344 Å². The van der Waals surface area contributed by atoms with Crippen LogP contribution in [0.15, 0.2) is 29.8 Å². The van der Waals surface area contributed by atoms with Crippen LogP contribution in [0, 0.1) is 50.2 Å². The number of amides is 5. The Morgan fingerprint density at radius 1 is 0.879 bits per heavy atom. The van der Waals surface area contributed by atoms with E-state index in [2.05, 4.69) is 70.5 Å². The summed E-state index contributed by atoms with van der Waals surface area (Å²) in [4.78, 5) is 66.3. The van der Waals surface area contributed by atoms with Crippen LogP contribution in [0.1, 0.15) is 146 Å². The molecule has 316 valence electrons. The zero-order chi connectivity index (χ0) is 41.6. The Bertz CT molecular complexity index is 1940. The summed E-state index contributed by atoms with van der Waals surface area (Å²) in [7, 11) is 0. The van der Waals surface area contributed by atoms with E-state index in [-0.39, 0.29) is 69.0 Å². The number of anilines is 1. The molecule has 1 aromatic rings. The van der Waals surface area contributed by atoms with E-state index in [1.54, 1.807) is 23.8 Å². The molecule has 2 heterocycles. The average Bonchev–Trinajstić information content (AvgIpc) is 3.42. The van der Waals surface area contributed by atoms with Crippen molar-refractivity contribution < 1.29 is 33.8 Å². The highest BCUT2D eigenvalue weighted by molar-refractivity contribution is 6.25. The molecule has 0 radical (unpaired) electrons. The lowest BCUT2D eigenvalue weighted by atomic mass is 9.33. The van der Waals surface area contributed by atoms with Crippen LogP contribution < -0.4 is 16.0 Å². The molecule has 0 bridgehead atoms. The van der Waals surface area contributed by atoms with Gasteiger partial charge in [0, 0.05) is 25.2 Å². The lowest BCUT2D eigenvalue weighted by molar-refractivity contribution is -0.203. The molecule has 5 amide bonds. The van der Waals surface area contributed by atoms with E-state index in [1.165, 1.54) is 6.42 Å². The fourth-order valence-electron chi connectivity index (χ4n) is 14.1. The van der Waals surface area contributed by atoms with Crippen molar-refractivity contribution in [1.82, 2.24) is 15.5 Å². The summed E-state index contributed by atoms with van der Waals surface area (Å²) in [6.45, 7) is 18.5. The molecule has 0 spiro atoms. The number of aliphatic hydroxyl groups is 1. The molecule has 8 rings (SSSR count). The molecule has 58 heavy (non-hydrogen) atoms. The van der Waals surface area contributed by atoms with Crippen molar-refractivity contribution >= 4 is 35.2 Å². The largest absolute Gasteiger partial charge is 0.393 e. The SMILES string of the molecule is CC1(C)CC[C@]2(C(=O)NCCOCCNc3cccc4c3C(=O)N(C3CCC(=O)NC3=O)C4=O)CC[C@]3(C)C(=CC[C@@H]4[C@@]5(C)CC[C@H](O)C(C)(C)[C@@H]5CC[C@]43C)[C@@H]2C1. The minimum Gasteiger partial charge on any atom is -0.393 e. The van der Waals surface area contributed by atoms with Crippen LogP contribution in [0.25, 0.3) is 0 Å². The van der Waals surface area contributed by atoms with E-state index in [4.69, 9.17) is 4.74 Å². The van der Waals surface area contributed by atoms with Gasteiger partial charge < -0.3 is 20.5 Å². The van der Waals surface area contributed by atoms with Gasteiger partial charge in [0.1, 0.15) is 6.04 Å². The minimum atomic E-state index is -1.02. The number of imide groups is 2. The van der Waals surface area contributed by atoms with Crippen molar-refractivity contribution in [2.24, 2.45) is 50.2 Å². The number of aliphatic hydroxyl groups excluding tert-OH is 1. The molecule has 4 N–H and O–H groups in total. The van der Waals surface area contributed by atoms with Crippen molar-refractivity contribution in [3.05, 3.63) is 41.0 Å². The average molecular weight is 799 g/mol. The van der Waals surface area contributed by atoms with Crippen LogP contribution in [-0.4, -0.2) is 78.0 Å². The van der Waals surface area contributed by atoms with Gasteiger partial charge in [-0.1, -0.05) is 66.2 Å². The highest BCUT2D eigenvalue weighted by Gasteiger charge is 2.69. The first kappa shape index (κ1) is 41.2. The number of fused-ring (bicyclic) bond motifs is 8. The molecule has 2 aliphatic heterocycles. The molecule has 5 fully saturated rings. The van der Waals surface area contributed by atoms with Crippen LogP contribution in [-0.2, 0) is 19.1 Å². The van der Waals surface area contributed by atoms with Gasteiger partial charge in [-0.05, 0) is 128 Å². The van der Waals surface area contributed by atoms with Crippen molar-refractivity contribution in [3.8, 4) is 0 Å². The molecule has 11 nitrogen and oxygen atoms in total. The summed E-state index contributed by atoms with van der Waals surface area (Å²) in [6, 6.07) is 3.98. The first-order chi connectivity index (χ1) is 27.3. The number of ether oxygens (including phenoxy) is 1. The third-order valence-electron chi connectivity index (χ3n) is 17.6. The fraction of sp³-hybridized carbons (Fsp3) is 0.723. The van der Waals surface area contributed by atoms with E-state index >= 15 is 0 Å². The van der Waals surface area contributed by atoms with E-state index in [0.29, 0.717) is 43.8 Å². The Balaban J connectivity index is 0.897. The number of nitrogens with one attached hydrogen (secondary N) is 3. The molecule has 4 saturated carbocycles. The maximum atomic E-state index is 14.5. The third-order valence-corrected chi connectivity index (χ3v) is 17.6. The molecule has 1 unspecified atom stereocenters. The summed E-state index contributed by atoms with van der Waals surface area (Å²) in [5.41, 5.74) is 2.48.